The maximum absolute atomic E-state index is 13.1. The Morgan fingerprint density at radius 3 is 2.77 bits per heavy atom. The van der Waals surface area contributed by atoms with Gasteiger partial charge < -0.3 is 10.1 Å². The number of rotatable bonds is 5. The van der Waals surface area contributed by atoms with E-state index < -0.39 is 17.4 Å². The zero-order valence-electron chi connectivity index (χ0n) is 14.7. The second-order valence-electron chi connectivity index (χ2n) is 6.54. The average Bonchev–Trinajstić information content (AvgIpc) is 2.90. The van der Waals surface area contributed by atoms with Crippen LogP contribution in [0.2, 0.25) is 0 Å². The molecule has 0 unspecified atom stereocenters. The first-order valence-corrected chi connectivity index (χ1v) is 8.64. The Bertz CT molecular complexity index is 867. The van der Waals surface area contributed by atoms with Crippen LogP contribution in [-0.2, 0) is 11.3 Å². The van der Waals surface area contributed by atoms with Gasteiger partial charge in [-0.1, -0.05) is 22.0 Å². The van der Waals surface area contributed by atoms with E-state index in [1.54, 1.807) is 39.0 Å². The summed E-state index contributed by atoms with van der Waals surface area (Å²) in [6.45, 7) is 5.00. The molecule has 7 nitrogen and oxygen atoms in total. The molecule has 0 aliphatic carbocycles. The van der Waals surface area contributed by atoms with Crippen molar-refractivity contribution in [1.82, 2.24) is 19.7 Å². The Hall–Kier alpha value is -2.42. The number of ether oxygens (including phenoxy) is 1. The van der Waals surface area contributed by atoms with Gasteiger partial charge in [-0.15, -0.1) is 0 Å². The number of hydrogen-bond donors (Lipinski definition) is 1. The minimum atomic E-state index is -0.663. The van der Waals surface area contributed by atoms with E-state index in [1.807, 2.05) is 6.07 Å². The van der Waals surface area contributed by atoms with Crippen LogP contribution in [0.25, 0.3) is 5.69 Å². The van der Waals surface area contributed by atoms with Crippen molar-refractivity contribution in [2.75, 3.05) is 6.54 Å². The van der Waals surface area contributed by atoms with Gasteiger partial charge in [0.05, 0.1) is 18.6 Å². The molecule has 140 valence electrons. The maximum Gasteiger partial charge on any atom is 0.407 e. The minimum absolute atomic E-state index is 0.0911. The summed E-state index contributed by atoms with van der Waals surface area (Å²) in [5.41, 5.74) is -0.256. The van der Waals surface area contributed by atoms with Gasteiger partial charge >= 0.3 is 11.8 Å². The third-order valence-electron chi connectivity index (χ3n) is 3.19. The zero-order valence-corrected chi connectivity index (χ0v) is 16.3. The Balaban J connectivity index is 2.06. The van der Waals surface area contributed by atoms with E-state index in [-0.39, 0.29) is 18.7 Å². The van der Waals surface area contributed by atoms with Gasteiger partial charge in [0.15, 0.2) is 0 Å². The maximum atomic E-state index is 13.1. The molecule has 0 fully saturated rings. The molecule has 1 aromatic carbocycles. The van der Waals surface area contributed by atoms with Crippen LogP contribution in [0, 0.1) is 0 Å². The smallest absolute Gasteiger partial charge is 0.407 e. The molecule has 0 aliphatic heterocycles. The van der Waals surface area contributed by atoms with Crippen LogP contribution in [0.5, 0.6) is 0 Å². The average molecular weight is 427 g/mol. The van der Waals surface area contributed by atoms with E-state index >= 15 is 0 Å². The molecule has 0 saturated carbocycles. The lowest BCUT2D eigenvalue weighted by atomic mass is 10.2. The monoisotopic (exact) mass is 426 g/mol. The number of aromatic nitrogens is 3. The van der Waals surface area contributed by atoms with Crippen LogP contribution < -0.4 is 11.0 Å². The highest BCUT2D eigenvalue weighted by Crippen LogP contribution is 2.13. The summed E-state index contributed by atoms with van der Waals surface area (Å²) in [5.74, 6) is 0. The lowest BCUT2D eigenvalue weighted by Crippen LogP contribution is -2.34. The molecule has 0 spiro atoms. The number of hydrogen-bond acceptors (Lipinski definition) is 4. The summed E-state index contributed by atoms with van der Waals surface area (Å²) in [6.07, 6.45) is 1.05. The van der Waals surface area contributed by atoms with Crippen molar-refractivity contribution in [1.29, 1.82) is 0 Å². The zero-order chi connectivity index (χ0) is 19.3. The van der Waals surface area contributed by atoms with Gasteiger partial charge in [0, 0.05) is 11.0 Å². The van der Waals surface area contributed by atoms with Gasteiger partial charge in [-0.3, -0.25) is 0 Å². The minimum Gasteiger partial charge on any atom is -0.444 e. The molecule has 0 atom stereocenters. The van der Waals surface area contributed by atoms with Crippen molar-refractivity contribution in [2.24, 2.45) is 0 Å². The largest absolute Gasteiger partial charge is 0.444 e. The van der Waals surface area contributed by atoms with Crippen LogP contribution in [0.1, 0.15) is 20.8 Å². The second-order valence-corrected chi connectivity index (χ2v) is 7.46. The molecule has 9 heteroatoms. The predicted octanol–water partition coefficient (Wildman–Crippen LogP) is 3.17. The molecule has 0 radical (unpaired) electrons. The number of alkyl carbamates (subject to hydrolysis) is 1. The Labute approximate surface area is 158 Å². The standard InChI is InChI=1S/C17H20BrFN4O3/c1-17(2,3)26-15(24)20-9-12(8-19)10-23-16(25)22(11-21-23)14-6-4-5-13(18)7-14/h4-8,11H,9-10H2,1-3H3,(H,20,24)/b12-8-. The number of halogens is 2. The van der Waals surface area contributed by atoms with Gasteiger partial charge in [-0.25, -0.2) is 23.2 Å². The van der Waals surface area contributed by atoms with E-state index in [9.17, 15) is 14.0 Å². The first kappa shape index (κ1) is 19.9. The Morgan fingerprint density at radius 1 is 1.42 bits per heavy atom. The number of nitrogens with one attached hydrogen (secondary N) is 1. The normalized spacial score (nSPS) is 12.1. The van der Waals surface area contributed by atoms with E-state index in [0.29, 0.717) is 12.0 Å². The van der Waals surface area contributed by atoms with Crippen molar-refractivity contribution in [3.05, 3.63) is 57.5 Å². The molecule has 0 saturated heterocycles. The Morgan fingerprint density at radius 2 is 2.15 bits per heavy atom. The van der Waals surface area contributed by atoms with Crippen LogP contribution in [-0.4, -0.2) is 32.6 Å². The van der Waals surface area contributed by atoms with Crippen molar-refractivity contribution < 1.29 is 13.9 Å². The number of carbonyl (C=O) groups is 1. The lowest BCUT2D eigenvalue weighted by molar-refractivity contribution is 0.0532. The predicted molar refractivity (Wildman–Crippen MR) is 99.0 cm³/mol. The van der Waals surface area contributed by atoms with Crippen LogP contribution >= 0.6 is 15.9 Å². The molecular weight excluding hydrogens is 407 g/mol. The van der Waals surface area contributed by atoms with Crippen LogP contribution in [0.3, 0.4) is 0 Å². The van der Waals surface area contributed by atoms with E-state index in [0.717, 1.165) is 9.15 Å². The second kappa shape index (κ2) is 8.31. The SMILES string of the molecule is CC(C)(C)OC(=O)NC/C(=C/F)Cn1ncn(-c2cccc(Br)c2)c1=O. The fourth-order valence-corrected chi connectivity index (χ4v) is 2.46. The van der Waals surface area contributed by atoms with Crippen molar-refractivity contribution >= 4 is 22.0 Å². The van der Waals surface area contributed by atoms with Gasteiger partial charge in [0.25, 0.3) is 0 Å². The molecular formula is C17H20BrFN4O3. The topological polar surface area (TPSA) is 78.2 Å². The lowest BCUT2D eigenvalue weighted by Gasteiger charge is -2.19. The number of nitrogens with zero attached hydrogens (tertiary/aromatic N) is 3. The quantitative estimate of drug-likeness (QED) is 0.795. The van der Waals surface area contributed by atoms with E-state index in [2.05, 4.69) is 26.3 Å². The van der Waals surface area contributed by atoms with E-state index in [1.165, 1.54) is 10.9 Å². The molecule has 1 aromatic heterocycles. The first-order valence-electron chi connectivity index (χ1n) is 7.85. The Kier molecular flexibility index (Phi) is 6.36. The van der Waals surface area contributed by atoms with Crippen molar-refractivity contribution in [3.63, 3.8) is 0 Å². The van der Waals surface area contributed by atoms with Crippen LogP contribution in [0.4, 0.5) is 9.18 Å². The fraction of sp³-hybridized carbons (Fsp3) is 0.353. The third-order valence-corrected chi connectivity index (χ3v) is 3.68. The summed E-state index contributed by atoms with van der Waals surface area (Å²) < 4.78 is 21.5. The van der Waals surface area contributed by atoms with Crippen molar-refractivity contribution in [3.8, 4) is 5.69 Å². The van der Waals surface area contributed by atoms with Crippen molar-refractivity contribution in [2.45, 2.75) is 32.9 Å². The third kappa shape index (κ3) is 5.55. The first-order chi connectivity index (χ1) is 12.2. The highest BCUT2D eigenvalue weighted by Gasteiger charge is 2.16. The number of amides is 1. The molecule has 2 aromatic rings. The summed E-state index contributed by atoms with van der Waals surface area (Å²) >= 11 is 3.34. The van der Waals surface area contributed by atoms with E-state index in [4.69, 9.17) is 4.74 Å². The number of benzene rings is 1. The summed E-state index contributed by atoms with van der Waals surface area (Å²) in [6, 6.07) is 7.16. The highest BCUT2D eigenvalue weighted by molar-refractivity contribution is 9.10. The number of carbonyl (C=O) groups excluding carboxylic acids is 1. The van der Waals surface area contributed by atoms with Gasteiger partial charge in [-0.2, -0.15) is 5.10 Å². The van der Waals surface area contributed by atoms with Gasteiger partial charge in [0.2, 0.25) is 0 Å². The molecule has 26 heavy (non-hydrogen) atoms. The summed E-state index contributed by atoms with van der Waals surface area (Å²) in [4.78, 5) is 24.1. The highest BCUT2D eigenvalue weighted by atomic mass is 79.9. The van der Waals surface area contributed by atoms with Crippen LogP contribution in [0.15, 0.2) is 51.8 Å². The molecule has 2 rings (SSSR count). The summed E-state index contributed by atoms with van der Waals surface area (Å²) in [7, 11) is 0. The van der Waals surface area contributed by atoms with Gasteiger partial charge in [-0.05, 0) is 44.5 Å². The fourth-order valence-electron chi connectivity index (χ4n) is 2.07. The molecule has 1 N–H and O–H groups in total. The molecule has 0 aliphatic rings. The molecule has 1 heterocycles. The summed E-state index contributed by atoms with van der Waals surface area (Å²) in [5, 5.41) is 6.45. The van der Waals surface area contributed by atoms with Gasteiger partial charge in [0.1, 0.15) is 11.9 Å². The molecule has 1 amide bonds. The molecule has 0 bridgehead atoms.